The maximum atomic E-state index is 13.1. The van der Waals surface area contributed by atoms with Crippen LogP contribution in [0.5, 0.6) is 0 Å². The van der Waals surface area contributed by atoms with Gasteiger partial charge in [-0.15, -0.1) is 0 Å². The number of amides is 1. The van der Waals surface area contributed by atoms with Gasteiger partial charge in [0, 0.05) is 48.1 Å². The van der Waals surface area contributed by atoms with Crippen LogP contribution in [0, 0.1) is 6.92 Å². The Kier molecular flexibility index (Phi) is 4.59. The zero-order valence-electron chi connectivity index (χ0n) is 17.1. The summed E-state index contributed by atoms with van der Waals surface area (Å²) in [6, 6.07) is 8.07. The number of benzene rings is 1. The number of carbonyl (C=O) groups is 1. The van der Waals surface area contributed by atoms with Gasteiger partial charge < -0.3 is 14.8 Å². The van der Waals surface area contributed by atoms with E-state index in [1.807, 2.05) is 29.3 Å². The molecule has 5 rings (SSSR count). The summed E-state index contributed by atoms with van der Waals surface area (Å²) in [6.45, 7) is 5.57. The van der Waals surface area contributed by atoms with Crippen LogP contribution < -0.4 is 0 Å². The molecule has 1 fully saturated rings. The van der Waals surface area contributed by atoms with Gasteiger partial charge in [0.1, 0.15) is 11.5 Å². The van der Waals surface area contributed by atoms with Crippen LogP contribution in [0.3, 0.4) is 0 Å². The van der Waals surface area contributed by atoms with E-state index in [0.717, 1.165) is 60.3 Å². The first-order valence-electron chi connectivity index (χ1n) is 10.5. The Balaban J connectivity index is 1.34. The highest BCUT2D eigenvalue weighted by molar-refractivity contribution is 5.98. The molecule has 6 heteroatoms. The maximum Gasteiger partial charge on any atom is 0.270 e. The monoisotopic (exact) mass is 389 g/mol. The van der Waals surface area contributed by atoms with E-state index < -0.39 is 0 Å². The molecule has 2 aromatic heterocycles. The van der Waals surface area contributed by atoms with Crippen molar-refractivity contribution in [1.82, 2.24) is 24.8 Å². The average Bonchev–Trinajstić information content (AvgIpc) is 3.19. The van der Waals surface area contributed by atoms with Gasteiger partial charge in [-0.05, 0) is 57.6 Å². The smallest absolute Gasteiger partial charge is 0.270 e. The number of nitrogens with one attached hydrogen (secondary N) is 1. The first kappa shape index (κ1) is 18.3. The molecule has 0 atom stereocenters. The average molecular weight is 390 g/mol. The number of rotatable bonds is 2. The summed E-state index contributed by atoms with van der Waals surface area (Å²) in [6.07, 6.45) is 4.99. The Labute approximate surface area is 171 Å². The Morgan fingerprint density at radius 3 is 2.83 bits per heavy atom. The highest BCUT2D eigenvalue weighted by atomic mass is 16.2. The maximum absolute atomic E-state index is 13.1. The molecule has 0 bridgehead atoms. The van der Waals surface area contributed by atoms with Gasteiger partial charge in [-0.3, -0.25) is 4.79 Å². The first-order valence-corrected chi connectivity index (χ1v) is 10.5. The number of carbonyl (C=O) groups excluding carboxylic acids is 1. The van der Waals surface area contributed by atoms with Gasteiger partial charge in [0.05, 0.1) is 5.69 Å². The Morgan fingerprint density at radius 1 is 1.21 bits per heavy atom. The van der Waals surface area contributed by atoms with Crippen molar-refractivity contribution in [2.24, 2.45) is 0 Å². The van der Waals surface area contributed by atoms with E-state index in [1.54, 1.807) is 0 Å². The number of likely N-dealkylation sites (tertiary alicyclic amines) is 1. The number of hydrogen-bond donors (Lipinski definition) is 1. The summed E-state index contributed by atoms with van der Waals surface area (Å²) >= 11 is 0. The molecule has 0 radical (unpaired) electrons. The zero-order valence-corrected chi connectivity index (χ0v) is 17.1. The van der Waals surface area contributed by atoms with Crippen LogP contribution in [0.1, 0.15) is 51.9 Å². The van der Waals surface area contributed by atoms with Gasteiger partial charge in [0.25, 0.3) is 5.91 Å². The van der Waals surface area contributed by atoms with Crippen molar-refractivity contribution in [2.45, 2.75) is 38.6 Å². The van der Waals surface area contributed by atoms with E-state index in [2.05, 4.69) is 34.9 Å². The zero-order chi connectivity index (χ0) is 20.0. The van der Waals surface area contributed by atoms with Crippen molar-refractivity contribution in [2.75, 3.05) is 26.7 Å². The number of nitrogens with zero attached hydrogens (tertiary/aromatic N) is 4. The summed E-state index contributed by atoms with van der Waals surface area (Å²) in [5.74, 6) is 1.50. The number of H-pyrrole nitrogens is 1. The van der Waals surface area contributed by atoms with Gasteiger partial charge in [-0.2, -0.15) is 0 Å². The molecule has 1 saturated heterocycles. The molecule has 0 spiro atoms. The van der Waals surface area contributed by atoms with Crippen molar-refractivity contribution in [3.63, 3.8) is 0 Å². The second-order valence-corrected chi connectivity index (χ2v) is 8.47. The fourth-order valence-electron chi connectivity index (χ4n) is 4.56. The molecule has 0 aliphatic carbocycles. The Bertz CT molecular complexity index is 1060. The molecule has 4 heterocycles. The van der Waals surface area contributed by atoms with E-state index in [1.165, 1.54) is 5.56 Å². The fraction of sp³-hybridized carbons (Fsp3) is 0.435. The lowest BCUT2D eigenvalue weighted by molar-refractivity contribution is 0.0728. The third-order valence-electron chi connectivity index (χ3n) is 6.44. The standard InChI is InChI=1S/C23H27N5O/c1-15-4-3-5-20-18(15)12-21(25-20)23(29)28-11-8-19-17(14-28)13-24-22(26-19)16-6-9-27(2)10-7-16/h3-5,12-13,16,25H,6-11,14H2,1-2H3. The van der Waals surface area contributed by atoms with Crippen LogP contribution in [0.2, 0.25) is 0 Å². The predicted octanol–water partition coefficient (Wildman–Crippen LogP) is 3.27. The number of fused-ring (bicyclic) bond motifs is 2. The van der Waals surface area contributed by atoms with E-state index in [0.29, 0.717) is 24.7 Å². The lowest BCUT2D eigenvalue weighted by Gasteiger charge is -2.30. The lowest BCUT2D eigenvalue weighted by Crippen LogP contribution is -2.37. The highest BCUT2D eigenvalue weighted by Crippen LogP contribution is 2.27. The molecule has 1 N–H and O–H groups in total. The van der Waals surface area contributed by atoms with Crippen LogP contribution in [0.15, 0.2) is 30.5 Å². The van der Waals surface area contributed by atoms with Crippen LogP contribution in [0.25, 0.3) is 10.9 Å². The molecular weight excluding hydrogens is 362 g/mol. The van der Waals surface area contributed by atoms with Crippen molar-refractivity contribution in [3.05, 3.63) is 58.8 Å². The third kappa shape index (κ3) is 3.42. The van der Waals surface area contributed by atoms with Crippen LogP contribution in [0.4, 0.5) is 0 Å². The SMILES string of the molecule is Cc1cccc2[nH]c(C(=O)N3CCc4nc(C5CCN(C)CC5)ncc4C3)cc12. The van der Waals surface area contributed by atoms with E-state index in [9.17, 15) is 4.79 Å². The molecule has 1 amide bonds. The minimum atomic E-state index is 0.0469. The predicted molar refractivity (Wildman–Crippen MR) is 113 cm³/mol. The Hall–Kier alpha value is -2.73. The topological polar surface area (TPSA) is 65.1 Å². The van der Waals surface area contributed by atoms with Crippen molar-refractivity contribution >= 4 is 16.8 Å². The number of aryl methyl sites for hydroxylation is 1. The molecule has 0 saturated carbocycles. The molecule has 0 unspecified atom stereocenters. The second kappa shape index (κ2) is 7.26. The first-order chi connectivity index (χ1) is 14.1. The summed E-state index contributed by atoms with van der Waals surface area (Å²) in [5.41, 5.74) is 5.04. The fourth-order valence-corrected chi connectivity index (χ4v) is 4.56. The number of aromatic nitrogens is 3. The van der Waals surface area contributed by atoms with Crippen LogP contribution in [-0.2, 0) is 13.0 Å². The van der Waals surface area contributed by atoms with Crippen LogP contribution in [-0.4, -0.2) is 57.3 Å². The minimum Gasteiger partial charge on any atom is -0.351 e. The molecule has 6 nitrogen and oxygen atoms in total. The summed E-state index contributed by atoms with van der Waals surface area (Å²) in [4.78, 5) is 30.2. The van der Waals surface area contributed by atoms with Crippen molar-refractivity contribution < 1.29 is 4.79 Å². The molecule has 150 valence electrons. The van der Waals surface area contributed by atoms with Crippen molar-refractivity contribution in [3.8, 4) is 0 Å². The van der Waals surface area contributed by atoms with Gasteiger partial charge in [0.2, 0.25) is 0 Å². The van der Waals surface area contributed by atoms with Gasteiger partial charge in [0.15, 0.2) is 0 Å². The molecule has 1 aromatic carbocycles. The molecular formula is C23H27N5O. The lowest BCUT2D eigenvalue weighted by atomic mass is 9.95. The van der Waals surface area contributed by atoms with Gasteiger partial charge in [-0.25, -0.2) is 9.97 Å². The highest BCUT2D eigenvalue weighted by Gasteiger charge is 2.26. The molecule has 3 aromatic rings. The van der Waals surface area contributed by atoms with E-state index >= 15 is 0 Å². The minimum absolute atomic E-state index is 0.0469. The quantitative estimate of drug-likeness (QED) is 0.731. The number of piperidine rings is 1. The van der Waals surface area contributed by atoms with Gasteiger partial charge >= 0.3 is 0 Å². The second-order valence-electron chi connectivity index (χ2n) is 8.47. The molecule has 2 aliphatic rings. The largest absolute Gasteiger partial charge is 0.351 e. The molecule has 29 heavy (non-hydrogen) atoms. The summed E-state index contributed by atoms with van der Waals surface area (Å²) in [5, 5.41) is 1.11. The normalized spacial score (nSPS) is 18.2. The summed E-state index contributed by atoms with van der Waals surface area (Å²) in [7, 11) is 2.17. The van der Waals surface area contributed by atoms with E-state index in [-0.39, 0.29) is 5.91 Å². The summed E-state index contributed by atoms with van der Waals surface area (Å²) < 4.78 is 0. The number of aromatic amines is 1. The van der Waals surface area contributed by atoms with Gasteiger partial charge in [-0.1, -0.05) is 12.1 Å². The van der Waals surface area contributed by atoms with E-state index in [4.69, 9.17) is 4.98 Å². The number of hydrogen-bond acceptors (Lipinski definition) is 4. The van der Waals surface area contributed by atoms with Crippen molar-refractivity contribution in [1.29, 1.82) is 0 Å². The molecule has 2 aliphatic heterocycles. The Morgan fingerprint density at radius 2 is 2.03 bits per heavy atom. The third-order valence-corrected chi connectivity index (χ3v) is 6.44. The van der Waals surface area contributed by atoms with Crippen LogP contribution >= 0.6 is 0 Å².